The van der Waals surface area contributed by atoms with Crippen molar-refractivity contribution in [3.8, 4) is 0 Å². The van der Waals surface area contributed by atoms with Crippen molar-refractivity contribution in [3.05, 3.63) is 30.3 Å². The number of hydrogen-bond donors (Lipinski definition) is 2. The molecule has 96 valence electrons. The topological polar surface area (TPSA) is 35.5 Å². The lowest BCUT2D eigenvalue weighted by Crippen LogP contribution is -2.30. The first kappa shape index (κ1) is 14.3. The van der Waals surface area contributed by atoms with Gasteiger partial charge in [0.15, 0.2) is 0 Å². The molecule has 1 aliphatic rings. The van der Waals surface area contributed by atoms with E-state index in [1.54, 1.807) is 0 Å². The van der Waals surface area contributed by atoms with Crippen LogP contribution in [0.2, 0.25) is 0 Å². The Hall–Kier alpha value is -0.770. The predicted octanol–water partition coefficient (Wildman–Crippen LogP) is 2.04. The number of benzene rings is 1. The first-order chi connectivity index (χ1) is 7.68. The molecular formula is C13H21ClN2O. The first-order valence-electron chi connectivity index (χ1n) is 5.82. The molecule has 1 saturated carbocycles. The van der Waals surface area contributed by atoms with Crippen LogP contribution in [-0.2, 0) is 0 Å². The van der Waals surface area contributed by atoms with E-state index in [0.29, 0.717) is 11.8 Å². The van der Waals surface area contributed by atoms with Gasteiger partial charge in [-0.3, -0.25) is 4.90 Å². The normalized spacial score (nSPS) is 24.0. The summed E-state index contributed by atoms with van der Waals surface area (Å²) >= 11 is 0. The van der Waals surface area contributed by atoms with Gasteiger partial charge in [0, 0.05) is 18.2 Å². The number of nitrogens with zero attached hydrogens (tertiary/aromatic N) is 1. The second-order valence-electron chi connectivity index (χ2n) is 4.78. The van der Waals surface area contributed by atoms with E-state index in [1.807, 2.05) is 37.2 Å². The maximum Gasteiger partial charge on any atom is 0.110 e. The minimum Gasteiger partial charge on any atom is -0.385 e. The van der Waals surface area contributed by atoms with Crippen molar-refractivity contribution in [1.82, 2.24) is 4.90 Å². The Labute approximate surface area is 109 Å². The van der Waals surface area contributed by atoms with Crippen molar-refractivity contribution in [2.45, 2.75) is 12.6 Å². The highest BCUT2D eigenvalue weighted by atomic mass is 35.5. The lowest BCUT2D eigenvalue weighted by molar-refractivity contribution is 0.0177. The number of nitrogens with one attached hydrogen (secondary N) is 1. The Bertz CT molecular complexity index is 331. The summed E-state index contributed by atoms with van der Waals surface area (Å²) in [5.41, 5.74) is 1.16. The molecule has 3 unspecified atom stereocenters. The third-order valence-electron chi connectivity index (χ3n) is 3.23. The van der Waals surface area contributed by atoms with Gasteiger partial charge in [-0.1, -0.05) is 18.2 Å². The highest BCUT2D eigenvalue weighted by molar-refractivity contribution is 5.85. The van der Waals surface area contributed by atoms with Gasteiger partial charge in [0.1, 0.15) is 6.23 Å². The van der Waals surface area contributed by atoms with Crippen LogP contribution in [0.1, 0.15) is 6.42 Å². The molecule has 0 bridgehead atoms. The van der Waals surface area contributed by atoms with Crippen LogP contribution in [0.15, 0.2) is 30.3 Å². The summed E-state index contributed by atoms with van der Waals surface area (Å²) in [6.07, 6.45) is 0.835. The number of rotatable bonds is 5. The van der Waals surface area contributed by atoms with Crippen LogP contribution in [0.3, 0.4) is 0 Å². The standard InChI is InChI=1S/C13H20N2O.ClH/c1-15(2)13(16)12-8-10(12)9-14-11-6-4-3-5-7-11;/h3-7,10,12-14,16H,8-9H2,1-2H3;1H. The second-order valence-corrected chi connectivity index (χ2v) is 4.78. The zero-order chi connectivity index (χ0) is 11.5. The SMILES string of the molecule is CN(C)C(O)C1CC1CNc1ccccc1.Cl. The number of aliphatic hydroxyl groups excluding tert-OH is 1. The molecule has 0 spiro atoms. The molecule has 1 aromatic rings. The van der Waals surface area contributed by atoms with E-state index >= 15 is 0 Å². The molecule has 2 rings (SSSR count). The van der Waals surface area contributed by atoms with Crippen molar-refractivity contribution in [2.24, 2.45) is 11.8 Å². The number of para-hydroxylation sites is 1. The lowest BCUT2D eigenvalue weighted by atomic mass is 10.2. The van der Waals surface area contributed by atoms with E-state index in [4.69, 9.17) is 0 Å². The molecule has 0 saturated heterocycles. The highest BCUT2D eigenvalue weighted by Crippen LogP contribution is 2.41. The van der Waals surface area contributed by atoms with Gasteiger partial charge in [0.2, 0.25) is 0 Å². The van der Waals surface area contributed by atoms with Crippen LogP contribution in [0.25, 0.3) is 0 Å². The minimum absolute atomic E-state index is 0. The number of aliphatic hydroxyl groups is 1. The van der Waals surface area contributed by atoms with E-state index in [-0.39, 0.29) is 18.6 Å². The molecule has 4 heteroatoms. The summed E-state index contributed by atoms with van der Waals surface area (Å²) in [7, 11) is 3.84. The molecule has 17 heavy (non-hydrogen) atoms. The summed E-state index contributed by atoms with van der Waals surface area (Å²) in [5, 5.41) is 13.2. The van der Waals surface area contributed by atoms with Gasteiger partial charge in [-0.25, -0.2) is 0 Å². The van der Waals surface area contributed by atoms with Crippen LogP contribution in [0.4, 0.5) is 5.69 Å². The maximum atomic E-state index is 9.83. The van der Waals surface area contributed by atoms with Crippen LogP contribution in [-0.4, -0.2) is 36.9 Å². The zero-order valence-corrected chi connectivity index (χ0v) is 11.2. The van der Waals surface area contributed by atoms with Crippen molar-refractivity contribution < 1.29 is 5.11 Å². The van der Waals surface area contributed by atoms with Crippen molar-refractivity contribution in [3.63, 3.8) is 0 Å². The van der Waals surface area contributed by atoms with Gasteiger partial charge >= 0.3 is 0 Å². The Morgan fingerprint density at radius 1 is 1.35 bits per heavy atom. The van der Waals surface area contributed by atoms with E-state index in [9.17, 15) is 5.11 Å². The Morgan fingerprint density at radius 3 is 2.59 bits per heavy atom. The van der Waals surface area contributed by atoms with Crippen molar-refractivity contribution in [2.75, 3.05) is 26.0 Å². The first-order valence-corrected chi connectivity index (χ1v) is 5.82. The van der Waals surface area contributed by atoms with E-state index in [2.05, 4.69) is 17.4 Å². The van der Waals surface area contributed by atoms with Crippen molar-refractivity contribution >= 4 is 18.1 Å². The van der Waals surface area contributed by atoms with E-state index < -0.39 is 0 Å². The molecule has 3 atom stereocenters. The molecule has 2 N–H and O–H groups in total. The van der Waals surface area contributed by atoms with Crippen molar-refractivity contribution in [1.29, 1.82) is 0 Å². The van der Waals surface area contributed by atoms with Gasteiger partial charge in [0.05, 0.1) is 0 Å². The summed E-state index contributed by atoms with van der Waals surface area (Å²) < 4.78 is 0. The predicted molar refractivity (Wildman–Crippen MR) is 73.5 cm³/mol. The van der Waals surface area contributed by atoms with Crippen LogP contribution < -0.4 is 5.32 Å². The monoisotopic (exact) mass is 256 g/mol. The van der Waals surface area contributed by atoms with Crippen LogP contribution in [0.5, 0.6) is 0 Å². The average molecular weight is 257 g/mol. The van der Waals surface area contributed by atoms with Gasteiger partial charge in [0.25, 0.3) is 0 Å². The quantitative estimate of drug-likeness (QED) is 0.792. The summed E-state index contributed by atoms with van der Waals surface area (Å²) in [6.45, 7) is 0.958. The van der Waals surface area contributed by atoms with Gasteiger partial charge in [-0.05, 0) is 38.6 Å². The summed E-state index contributed by atoms with van der Waals surface area (Å²) in [6, 6.07) is 10.2. The molecule has 1 aliphatic carbocycles. The molecule has 0 heterocycles. The van der Waals surface area contributed by atoms with Gasteiger partial charge in [-0.2, -0.15) is 0 Å². The minimum atomic E-state index is -0.289. The van der Waals surface area contributed by atoms with Gasteiger partial charge in [-0.15, -0.1) is 12.4 Å². The van der Waals surface area contributed by atoms with E-state index in [0.717, 1.165) is 18.7 Å². The Balaban J connectivity index is 0.00000144. The number of hydrogen-bond acceptors (Lipinski definition) is 3. The number of anilines is 1. The summed E-state index contributed by atoms with van der Waals surface area (Å²) in [5.74, 6) is 1.05. The summed E-state index contributed by atoms with van der Waals surface area (Å²) in [4.78, 5) is 1.88. The third kappa shape index (κ3) is 3.87. The molecule has 0 aliphatic heterocycles. The Kier molecular flexibility index (Phi) is 5.25. The fourth-order valence-corrected chi connectivity index (χ4v) is 2.06. The fraction of sp³-hybridized carbons (Fsp3) is 0.538. The number of halogens is 1. The zero-order valence-electron chi connectivity index (χ0n) is 10.3. The Morgan fingerprint density at radius 2 is 2.00 bits per heavy atom. The highest BCUT2D eigenvalue weighted by Gasteiger charge is 2.42. The molecule has 3 nitrogen and oxygen atoms in total. The molecule has 1 aromatic carbocycles. The molecule has 0 radical (unpaired) electrons. The molecule has 0 aromatic heterocycles. The van der Waals surface area contributed by atoms with E-state index in [1.165, 1.54) is 0 Å². The molecule has 1 fully saturated rings. The average Bonchev–Trinajstić information content (AvgIpc) is 3.06. The molecular weight excluding hydrogens is 236 g/mol. The fourth-order valence-electron chi connectivity index (χ4n) is 2.06. The third-order valence-corrected chi connectivity index (χ3v) is 3.23. The smallest absolute Gasteiger partial charge is 0.110 e. The van der Waals surface area contributed by atoms with Crippen LogP contribution >= 0.6 is 12.4 Å². The maximum absolute atomic E-state index is 9.83. The van der Waals surface area contributed by atoms with Gasteiger partial charge < -0.3 is 10.4 Å². The molecule has 0 amide bonds. The lowest BCUT2D eigenvalue weighted by Gasteiger charge is -2.18. The van der Waals surface area contributed by atoms with Crippen LogP contribution in [0, 0.1) is 11.8 Å². The largest absolute Gasteiger partial charge is 0.385 e. The second kappa shape index (κ2) is 6.24.